The van der Waals surface area contributed by atoms with Crippen LogP contribution in [0.4, 0.5) is 5.69 Å². The van der Waals surface area contributed by atoms with Gasteiger partial charge in [0.05, 0.1) is 0 Å². The lowest BCUT2D eigenvalue weighted by Gasteiger charge is -2.17. The van der Waals surface area contributed by atoms with Crippen LogP contribution in [0.2, 0.25) is 0 Å². The van der Waals surface area contributed by atoms with Crippen molar-refractivity contribution in [3.63, 3.8) is 0 Å². The van der Waals surface area contributed by atoms with Crippen LogP contribution in [0.5, 0.6) is 0 Å². The van der Waals surface area contributed by atoms with Crippen LogP contribution < -0.4 is 10.2 Å². The number of carbonyl (C=O) groups is 2. The molecule has 1 aliphatic rings. The molecule has 5 heteroatoms. The minimum absolute atomic E-state index is 0.0577. The van der Waals surface area contributed by atoms with Crippen molar-refractivity contribution < 1.29 is 9.59 Å². The van der Waals surface area contributed by atoms with Crippen LogP contribution in [0, 0.1) is 0 Å². The Morgan fingerprint density at radius 1 is 1.12 bits per heavy atom. The van der Waals surface area contributed by atoms with Crippen LogP contribution in [0.3, 0.4) is 0 Å². The largest absolute Gasteiger partial charge is 0.356 e. The summed E-state index contributed by atoms with van der Waals surface area (Å²) in [4.78, 5) is 27.2. The first kappa shape index (κ1) is 16.7. The first-order chi connectivity index (χ1) is 11.7. The fourth-order valence-electron chi connectivity index (χ4n) is 2.98. The zero-order chi connectivity index (χ0) is 16.8. The Kier molecular flexibility index (Phi) is 5.64. The summed E-state index contributed by atoms with van der Waals surface area (Å²) in [6, 6.07) is 12.1. The Hall–Kier alpha value is -2.14. The van der Waals surface area contributed by atoms with Gasteiger partial charge in [0.1, 0.15) is 0 Å². The quantitative estimate of drug-likeness (QED) is 0.786. The Morgan fingerprint density at radius 2 is 2.00 bits per heavy atom. The number of amides is 2. The molecular weight excluding hydrogens is 320 g/mol. The zero-order valence-electron chi connectivity index (χ0n) is 13.7. The van der Waals surface area contributed by atoms with Gasteiger partial charge in [-0.2, -0.15) is 0 Å². The summed E-state index contributed by atoms with van der Waals surface area (Å²) >= 11 is 1.68. The molecule has 0 bridgehead atoms. The second kappa shape index (κ2) is 8.11. The number of fused-ring (bicyclic) bond motifs is 1. The molecule has 24 heavy (non-hydrogen) atoms. The lowest BCUT2D eigenvalue weighted by Crippen LogP contribution is -2.30. The predicted molar refractivity (Wildman–Crippen MR) is 97.4 cm³/mol. The molecule has 126 valence electrons. The van der Waals surface area contributed by atoms with Crippen molar-refractivity contribution in [3.05, 3.63) is 52.2 Å². The van der Waals surface area contributed by atoms with E-state index in [-0.39, 0.29) is 11.8 Å². The van der Waals surface area contributed by atoms with Crippen molar-refractivity contribution in [2.75, 3.05) is 18.0 Å². The Morgan fingerprint density at radius 3 is 2.83 bits per heavy atom. The maximum atomic E-state index is 12.3. The van der Waals surface area contributed by atoms with Crippen LogP contribution >= 0.6 is 11.3 Å². The molecule has 1 N–H and O–H groups in total. The van der Waals surface area contributed by atoms with Gasteiger partial charge in [0.2, 0.25) is 11.8 Å². The molecular formula is C19H22N2O2S. The van der Waals surface area contributed by atoms with Crippen molar-refractivity contribution in [2.45, 2.75) is 32.1 Å². The van der Waals surface area contributed by atoms with Gasteiger partial charge in [-0.3, -0.25) is 9.59 Å². The van der Waals surface area contributed by atoms with Gasteiger partial charge in [0.25, 0.3) is 0 Å². The normalized spacial score (nSPS) is 12.9. The summed E-state index contributed by atoms with van der Waals surface area (Å²) < 4.78 is 0. The molecule has 0 unspecified atom stereocenters. The van der Waals surface area contributed by atoms with Crippen LogP contribution in [-0.2, 0) is 22.4 Å². The fourth-order valence-corrected chi connectivity index (χ4v) is 3.69. The van der Waals surface area contributed by atoms with Crippen molar-refractivity contribution >= 4 is 28.8 Å². The van der Waals surface area contributed by atoms with Crippen molar-refractivity contribution in [2.24, 2.45) is 0 Å². The van der Waals surface area contributed by atoms with Gasteiger partial charge >= 0.3 is 0 Å². The number of nitrogens with one attached hydrogen (secondary N) is 1. The van der Waals surface area contributed by atoms with E-state index >= 15 is 0 Å². The van der Waals surface area contributed by atoms with E-state index in [1.807, 2.05) is 40.6 Å². The van der Waals surface area contributed by atoms with E-state index in [1.165, 1.54) is 10.4 Å². The highest BCUT2D eigenvalue weighted by molar-refractivity contribution is 7.09. The van der Waals surface area contributed by atoms with Gasteiger partial charge in [-0.1, -0.05) is 24.3 Å². The highest BCUT2D eigenvalue weighted by Gasteiger charge is 2.23. The van der Waals surface area contributed by atoms with E-state index in [4.69, 9.17) is 0 Å². The second-order valence-electron chi connectivity index (χ2n) is 5.96. The predicted octanol–water partition coefficient (Wildman–Crippen LogP) is 3.17. The second-order valence-corrected chi connectivity index (χ2v) is 6.99. The number of carbonyl (C=O) groups excluding carboxylic acids is 2. The Balaban J connectivity index is 1.35. The first-order valence-electron chi connectivity index (χ1n) is 8.41. The molecule has 0 atom stereocenters. The molecule has 2 aromatic rings. The number of para-hydroxylation sites is 1. The highest BCUT2D eigenvalue weighted by Crippen LogP contribution is 2.27. The SMILES string of the molecule is O=C(CCc1cccs1)NCCCC(=O)N1CCc2ccccc21. The summed E-state index contributed by atoms with van der Waals surface area (Å²) in [5, 5.41) is 4.93. The summed E-state index contributed by atoms with van der Waals surface area (Å²) in [6.45, 7) is 1.33. The van der Waals surface area contributed by atoms with Crippen LogP contribution in [0.25, 0.3) is 0 Å². The molecule has 1 aromatic heterocycles. The molecule has 0 fully saturated rings. The summed E-state index contributed by atoms with van der Waals surface area (Å²) in [5.74, 6) is 0.204. The molecule has 0 saturated carbocycles. The van der Waals surface area contributed by atoms with Crippen LogP contribution in [0.15, 0.2) is 41.8 Å². The maximum absolute atomic E-state index is 12.3. The van der Waals surface area contributed by atoms with E-state index in [1.54, 1.807) is 11.3 Å². The van der Waals surface area contributed by atoms with E-state index in [9.17, 15) is 9.59 Å². The molecule has 2 amide bonds. The minimum Gasteiger partial charge on any atom is -0.356 e. The third-order valence-corrected chi connectivity index (χ3v) is 5.19. The van der Waals surface area contributed by atoms with Gasteiger partial charge in [0, 0.05) is 36.5 Å². The molecule has 3 rings (SSSR count). The smallest absolute Gasteiger partial charge is 0.227 e. The topological polar surface area (TPSA) is 49.4 Å². The number of anilines is 1. The molecule has 0 aliphatic carbocycles. The average molecular weight is 342 g/mol. The molecule has 2 heterocycles. The van der Waals surface area contributed by atoms with Crippen LogP contribution in [-0.4, -0.2) is 24.9 Å². The molecule has 0 radical (unpaired) electrons. The van der Waals surface area contributed by atoms with Crippen molar-refractivity contribution in [1.29, 1.82) is 0 Å². The Bertz CT molecular complexity index is 697. The van der Waals surface area contributed by atoms with Crippen LogP contribution in [0.1, 0.15) is 29.7 Å². The number of hydrogen-bond donors (Lipinski definition) is 1. The van der Waals surface area contributed by atoms with Crippen molar-refractivity contribution in [3.8, 4) is 0 Å². The number of thiophene rings is 1. The maximum Gasteiger partial charge on any atom is 0.227 e. The van der Waals surface area contributed by atoms with E-state index in [0.29, 0.717) is 25.8 Å². The standard InChI is InChI=1S/C19H22N2O2S/c22-18(10-9-16-6-4-14-24-16)20-12-3-8-19(23)21-13-11-15-5-1-2-7-17(15)21/h1-2,4-7,14H,3,8-13H2,(H,20,22). The molecule has 1 aromatic carbocycles. The number of hydrogen-bond acceptors (Lipinski definition) is 3. The lowest BCUT2D eigenvalue weighted by atomic mass is 10.2. The van der Waals surface area contributed by atoms with Gasteiger partial charge in [-0.05, 0) is 42.3 Å². The van der Waals surface area contributed by atoms with Gasteiger partial charge in [-0.25, -0.2) is 0 Å². The summed E-state index contributed by atoms with van der Waals surface area (Å²) in [6.07, 6.45) is 3.38. The number of benzene rings is 1. The lowest BCUT2D eigenvalue weighted by molar-refractivity contribution is -0.122. The Labute approximate surface area is 146 Å². The first-order valence-corrected chi connectivity index (χ1v) is 9.29. The van der Waals surface area contributed by atoms with E-state index in [2.05, 4.69) is 11.4 Å². The van der Waals surface area contributed by atoms with E-state index in [0.717, 1.165) is 25.1 Å². The third kappa shape index (κ3) is 4.23. The highest BCUT2D eigenvalue weighted by atomic mass is 32.1. The molecule has 4 nitrogen and oxygen atoms in total. The number of nitrogens with zero attached hydrogens (tertiary/aromatic N) is 1. The van der Waals surface area contributed by atoms with E-state index < -0.39 is 0 Å². The monoisotopic (exact) mass is 342 g/mol. The summed E-state index contributed by atoms with van der Waals surface area (Å²) in [7, 11) is 0. The average Bonchev–Trinajstić information content (AvgIpc) is 3.26. The van der Waals surface area contributed by atoms with Gasteiger partial charge < -0.3 is 10.2 Å². The molecule has 1 aliphatic heterocycles. The summed E-state index contributed by atoms with van der Waals surface area (Å²) in [5.41, 5.74) is 2.29. The van der Waals surface area contributed by atoms with Crippen molar-refractivity contribution in [1.82, 2.24) is 5.32 Å². The molecule has 0 spiro atoms. The minimum atomic E-state index is 0.0577. The number of rotatable bonds is 7. The third-order valence-electron chi connectivity index (χ3n) is 4.26. The number of aryl methyl sites for hydroxylation is 1. The van der Waals surface area contributed by atoms with Gasteiger partial charge in [0.15, 0.2) is 0 Å². The van der Waals surface area contributed by atoms with Gasteiger partial charge in [-0.15, -0.1) is 11.3 Å². The molecule has 0 saturated heterocycles. The fraction of sp³-hybridized carbons (Fsp3) is 0.368. The zero-order valence-corrected chi connectivity index (χ0v) is 14.5.